The van der Waals surface area contributed by atoms with Crippen molar-refractivity contribution in [2.45, 2.75) is 13.1 Å². The van der Waals surface area contributed by atoms with E-state index in [1.54, 1.807) is 36.3 Å². The van der Waals surface area contributed by atoms with E-state index >= 15 is 0 Å². The molecule has 3 aromatic rings. The van der Waals surface area contributed by atoms with Crippen molar-refractivity contribution in [3.8, 4) is 0 Å². The zero-order valence-electron chi connectivity index (χ0n) is 20.3. The molecule has 1 aromatic heterocycles. The molecule has 0 spiro atoms. The van der Waals surface area contributed by atoms with E-state index in [1.165, 1.54) is 16.7 Å². The third-order valence-electron chi connectivity index (χ3n) is 6.62. The van der Waals surface area contributed by atoms with Crippen LogP contribution < -0.4 is 15.1 Å². The minimum Gasteiger partial charge on any atom is -0.369 e. The molecule has 2 aromatic carbocycles. The lowest BCUT2D eigenvalue weighted by Gasteiger charge is -2.34. The highest BCUT2D eigenvalue weighted by Gasteiger charge is 2.31. The van der Waals surface area contributed by atoms with E-state index < -0.39 is 4.92 Å². The number of amides is 2. The molecule has 1 saturated heterocycles. The summed E-state index contributed by atoms with van der Waals surface area (Å²) in [5.74, 6) is 0.915. The first-order valence-corrected chi connectivity index (χ1v) is 11.8. The van der Waals surface area contributed by atoms with Crippen LogP contribution in [0.25, 0.3) is 0 Å². The van der Waals surface area contributed by atoms with E-state index in [1.807, 2.05) is 12.1 Å². The zero-order chi connectivity index (χ0) is 25.2. The number of para-hydroxylation sites is 1. The van der Waals surface area contributed by atoms with Crippen LogP contribution in [0.4, 0.5) is 33.6 Å². The van der Waals surface area contributed by atoms with Crippen molar-refractivity contribution in [2.24, 2.45) is 0 Å². The van der Waals surface area contributed by atoms with Crippen LogP contribution in [0.1, 0.15) is 11.1 Å². The third-order valence-corrected chi connectivity index (χ3v) is 6.62. The van der Waals surface area contributed by atoms with Crippen LogP contribution in [0.5, 0.6) is 0 Å². The van der Waals surface area contributed by atoms with Gasteiger partial charge in [-0.2, -0.15) is 4.98 Å². The number of hydrogen-bond acceptors (Lipinski definition) is 8. The molecule has 0 radical (unpaired) electrons. The number of rotatable bonds is 6. The van der Waals surface area contributed by atoms with Gasteiger partial charge >= 0.3 is 6.03 Å². The third kappa shape index (κ3) is 4.78. The Kier molecular flexibility index (Phi) is 6.38. The highest BCUT2D eigenvalue weighted by atomic mass is 16.6. The van der Waals surface area contributed by atoms with Gasteiger partial charge in [0.2, 0.25) is 5.95 Å². The van der Waals surface area contributed by atoms with Crippen LogP contribution in [0, 0.1) is 10.1 Å². The summed E-state index contributed by atoms with van der Waals surface area (Å²) in [5.41, 5.74) is 3.28. The number of anilines is 4. The first kappa shape index (κ1) is 23.5. The fourth-order valence-corrected chi connectivity index (χ4v) is 4.54. The Morgan fingerprint density at radius 2 is 1.75 bits per heavy atom. The highest BCUT2D eigenvalue weighted by Crippen LogP contribution is 2.30. The summed E-state index contributed by atoms with van der Waals surface area (Å²) in [6.07, 6.45) is 1.69. The number of likely N-dealkylation sites (N-methyl/N-ethyl adjacent to an activating group) is 1. The molecule has 0 bridgehead atoms. The molecule has 2 aliphatic heterocycles. The van der Waals surface area contributed by atoms with Crippen molar-refractivity contribution < 1.29 is 9.72 Å². The van der Waals surface area contributed by atoms with Gasteiger partial charge in [-0.1, -0.05) is 18.2 Å². The normalized spacial score (nSPS) is 16.2. The Labute approximate surface area is 209 Å². The predicted molar refractivity (Wildman–Crippen MR) is 138 cm³/mol. The maximum Gasteiger partial charge on any atom is 0.326 e. The Hall–Kier alpha value is -4.25. The molecule has 11 nitrogen and oxygen atoms in total. The van der Waals surface area contributed by atoms with Crippen LogP contribution in [-0.4, -0.2) is 71.0 Å². The number of nitro groups is 1. The van der Waals surface area contributed by atoms with E-state index in [4.69, 9.17) is 0 Å². The number of carbonyl (C=O) groups excluding carboxylic acids is 1. The highest BCUT2D eigenvalue weighted by molar-refractivity contribution is 5.93. The van der Waals surface area contributed by atoms with Gasteiger partial charge < -0.3 is 20.0 Å². The molecule has 1 N–H and O–H groups in total. The Balaban J connectivity index is 1.29. The molecule has 2 amide bonds. The van der Waals surface area contributed by atoms with Crippen LogP contribution >= 0.6 is 0 Å². The van der Waals surface area contributed by atoms with Crippen molar-refractivity contribution in [1.82, 2.24) is 19.8 Å². The van der Waals surface area contributed by atoms with Gasteiger partial charge in [-0.05, 0) is 31.3 Å². The second-order valence-electron chi connectivity index (χ2n) is 9.09. The molecule has 3 heterocycles. The van der Waals surface area contributed by atoms with Crippen molar-refractivity contribution in [3.05, 3.63) is 76.0 Å². The SMILES string of the molecule is CN1CCN(c2ccc(Nc3ncc4c(n3)N(C)C(=O)N(Cc3ccccc3[N+](=O)[O-])C4)cc2)CC1. The summed E-state index contributed by atoms with van der Waals surface area (Å²) in [5, 5.41) is 14.6. The minimum atomic E-state index is -0.430. The van der Waals surface area contributed by atoms with Gasteiger partial charge in [0.05, 0.1) is 18.0 Å². The van der Waals surface area contributed by atoms with Crippen molar-refractivity contribution in [2.75, 3.05) is 55.4 Å². The molecule has 0 unspecified atom stereocenters. The van der Waals surface area contributed by atoms with E-state index in [0.29, 0.717) is 17.3 Å². The second kappa shape index (κ2) is 9.78. The molecule has 5 rings (SSSR count). The van der Waals surface area contributed by atoms with Gasteiger partial charge in [-0.15, -0.1) is 0 Å². The number of nitrogens with one attached hydrogen (secondary N) is 1. The van der Waals surface area contributed by atoms with Gasteiger partial charge in [0.15, 0.2) is 0 Å². The number of benzene rings is 2. The van der Waals surface area contributed by atoms with E-state index in [9.17, 15) is 14.9 Å². The standard InChI is InChI=1S/C25H28N8O3/c1-29-11-13-31(14-12-29)21-9-7-20(8-10-21)27-24-26-15-19-17-32(25(34)30(2)23(19)28-24)16-18-5-3-4-6-22(18)33(35)36/h3-10,15H,11-14,16-17H2,1-2H3,(H,26,27,28). The minimum absolute atomic E-state index is 0.00631. The fraction of sp³-hybridized carbons (Fsp3) is 0.320. The van der Waals surface area contributed by atoms with Gasteiger partial charge in [0.25, 0.3) is 5.69 Å². The van der Waals surface area contributed by atoms with Gasteiger partial charge in [0, 0.05) is 68.0 Å². The van der Waals surface area contributed by atoms with E-state index in [0.717, 1.165) is 37.4 Å². The number of carbonyl (C=O) groups is 1. The van der Waals surface area contributed by atoms with Crippen LogP contribution in [0.3, 0.4) is 0 Å². The lowest BCUT2D eigenvalue weighted by atomic mass is 10.1. The lowest BCUT2D eigenvalue weighted by Crippen LogP contribution is -2.45. The summed E-state index contributed by atoms with van der Waals surface area (Å²) < 4.78 is 0. The monoisotopic (exact) mass is 488 g/mol. The van der Waals surface area contributed by atoms with Crippen LogP contribution in [0.2, 0.25) is 0 Å². The molecule has 36 heavy (non-hydrogen) atoms. The first-order valence-electron chi connectivity index (χ1n) is 11.8. The topological polar surface area (TPSA) is 111 Å². The maximum absolute atomic E-state index is 13.0. The number of nitro benzene ring substituents is 1. The zero-order valence-corrected chi connectivity index (χ0v) is 20.3. The Morgan fingerprint density at radius 1 is 1.03 bits per heavy atom. The summed E-state index contributed by atoms with van der Waals surface area (Å²) in [7, 11) is 3.79. The molecule has 0 aliphatic carbocycles. The average Bonchev–Trinajstić information content (AvgIpc) is 2.89. The number of hydrogen-bond donors (Lipinski definition) is 1. The predicted octanol–water partition coefficient (Wildman–Crippen LogP) is 3.45. The van der Waals surface area contributed by atoms with Crippen LogP contribution in [-0.2, 0) is 13.1 Å². The summed E-state index contributed by atoms with van der Waals surface area (Å²) >= 11 is 0. The van der Waals surface area contributed by atoms with Gasteiger partial charge in [-0.3, -0.25) is 15.0 Å². The lowest BCUT2D eigenvalue weighted by molar-refractivity contribution is -0.385. The second-order valence-corrected chi connectivity index (χ2v) is 9.09. The van der Waals surface area contributed by atoms with Gasteiger partial charge in [0.1, 0.15) is 5.82 Å². The van der Waals surface area contributed by atoms with E-state index in [-0.39, 0.29) is 24.8 Å². The Morgan fingerprint density at radius 3 is 2.47 bits per heavy atom. The molecular weight excluding hydrogens is 460 g/mol. The molecular formula is C25H28N8O3. The number of piperazine rings is 1. The molecule has 186 valence electrons. The fourth-order valence-electron chi connectivity index (χ4n) is 4.54. The van der Waals surface area contributed by atoms with Crippen molar-refractivity contribution >= 4 is 34.9 Å². The largest absolute Gasteiger partial charge is 0.369 e. The summed E-state index contributed by atoms with van der Waals surface area (Å²) in [6.45, 7) is 4.51. The van der Waals surface area contributed by atoms with Crippen LogP contribution in [0.15, 0.2) is 54.7 Å². The summed E-state index contributed by atoms with van der Waals surface area (Å²) in [4.78, 5) is 40.7. The number of urea groups is 1. The number of nitrogens with zero attached hydrogens (tertiary/aromatic N) is 7. The quantitative estimate of drug-likeness (QED) is 0.415. The number of aromatic nitrogens is 2. The van der Waals surface area contributed by atoms with Crippen molar-refractivity contribution in [3.63, 3.8) is 0 Å². The molecule has 11 heteroatoms. The smallest absolute Gasteiger partial charge is 0.326 e. The molecule has 2 aliphatic rings. The van der Waals surface area contributed by atoms with Gasteiger partial charge in [-0.25, -0.2) is 9.78 Å². The Bertz CT molecular complexity index is 1270. The average molecular weight is 489 g/mol. The first-order chi connectivity index (χ1) is 17.4. The van der Waals surface area contributed by atoms with Crippen molar-refractivity contribution in [1.29, 1.82) is 0 Å². The molecule has 0 atom stereocenters. The van der Waals surface area contributed by atoms with E-state index in [2.05, 4.69) is 44.3 Å². The summed E-state index contributed by atoms with van der Waals surface area (Å²) in [6, 6.07) is 14.3. The molecule has 0 saturated carbocycles. The molecule has 1 fully saturated rings. The number of fused-ring (bicyclic) bond motifs is 1. The maximum atomic E-state index is 13.0.